The zero-order valence-electron chi connectivity index (χ0n) is 14.3. The molecule has 0 bridgehead atoms. The summed E-state index contributed by atoms with van der Waals surface area (Å²) in [6, 6.07) is 6.00. The van der Waals surface area contributed by atoms with Gasteiger partial charge in [0.2, 0.25) is 0 Å². The van der Waals surface area contributed by atoms with E-state index >= 15 is 0 Å². The van der Waals surface area contributed by atoms with Crippen LogP contribution >= 0.6 is 11.3 Å². The Morgan fingerprint density at radius 2 is 1.83 bits per heavy atom. The predicted octanol–water partition coefficient (Wildman–Crippen LogP) is 4.40. The maximum atomic E-state index is 12.7. The monoisotopic (exact) mass is 328 g/mol. The minimum absolute atomic E-state index is 0.165. The first-order chi connectivity index (χ1) is 11.0. The molecular weight excluding hydrogens is 304 g/mol. The number of aromatic nitrogens is 1. The van der Waals surface area contributed by atoms with Gasteiger partial charge < -0.3 is 4.90 Å². The number of likely N-dealkylation sites (tertiary alicyclic amines) is 1. The number of aryl methyl sites for hydroxylation is 4. The summed E-state index contributed by atoms with van der Waals surface area (Å²) in [4.78, 5) is 20.7. The minimum Gasteiger partial charge on any atom is -0.339 e. The first kappa shape index (κ1) is 16.2. The smallest absolute Gasteiger partial charge is 0.253 e. The van der Waals surface area contributed by atoms with Gasteiger partial charge in [-0.2, -0.15) is 0 Å². The van der Waals surface area contributed by atoms with E-state index < -0.39 is 0 Å². The van der Waals surface area contributed by atoms with Crippen LogP contribution in [0.3, 0.4) is 0 Å². The summed E-state index contributed by atoms with van der Waals surface area (Å²) >= 11 is 1.82. The van der Waals surface area contributed by atoms with Crippen molar-refractivity contribution in [3.05, 3.63) is 50.5 Å². The Labute approximate surface area is 142 Å². The van der Waals surface area contributed by atoms with Gasteiger partial charge in [0.1, 0.15) is 0 Å². The Morgan fingerprint density at radius 3 is 2.39 bits per heavy atom. The van der Waals surface area contributed by atoms with Crippen LogP contribution in [0.2, 0.25) is 0 Å². The fraction of sp³-hybridized carbons (Fsp3) is 0.474. The number of nitrogens with zero attached hydrogens (tertiary/aromatic N) is 2. The van der Waals surface area contributed by atoms with Crippen molar-refractivity contribution in [2.75, 3.05) is 13.1 Å². The SMILES string of the molecule is Cc1ccc(C(=O)N2CCC(c3nc(C)c(C)s3)CC2)cc1C. The van der Waals surface area contributed by atoms with Gasteiger partial charge in [0.15, 0.2) is 0 Å². The number of carbonyl (C=O) groups is 1. The van der Waals surface area contributed by atoms with Crippen molar-refractivity contribution >= 4 is 17.2 Å². The Balaban J connectivity index is 1.66. The largest absolute Gasteiger partial charge is 0.339 e. The highest BCUT2D eigenvalue weighted by atomic mass is 32.1. The summed E-state index contributed by atoms with van der Waals surface area (Å²) in [5, 5.41) is 1.25. The molecule has 2 heterocycles. The average Bonchev–Trinajstić information content (AvgIpc) is 2.89. The minimum atomic E-state index is 0.165. The number of thiazole rings is 1. The molecule has 1 aromatic heterocycles. The van der Waals surface area contributed by atoms with Crippen LogP contribution in [0.15, 0.2) is 18.2 Å². The molecular formula is C19H24N2OS. The Morgan fingerprint density at radius 1 is 1.13 bits per heavy atom. The van der Waals surface area contributed by atoms with Gasteiger partial charge >= 0.3 is 0 Å². The quantitative estimate of drug-likeness (QED) is 0.819. The summed E-state index contributed by atoms with van der Waals surface area (Å²) in [6.07, 6.45) is 2.03. The van der Waals surface area contributed by atoms with Crippen LogP contribution in [0.4, 0.5) is 0 Å². The van der Waals surface area contributed by atoms with E-state index in [0.717, 1.165) is 37.2 Å². The maximum Gasteiger partial charge on any atom is 0.253 e. The van der Waals surface area contributed by atoms with Crippen molar-refractivity contribution in [2.45, 2.75) is 46.5 Å². The normalized spacial score (nSPS) is 15.9. The molecule has 0 radical (unpaired) electrons. The number of amides is 1. The van der Waals surface area contributed by atoms with Crippen molar-refractivity contribution in [3.8, 4) is 0 Å². The molecule has 1 amide bonds. The predicted molar refractivity (Wildman–Crippen MR) is 95.4 cm³/mol. The molecule has 3 rings (SSSR count). The van der Waals surface area contributed by atoms with Gasteiger partial charge in [-0.1, -0.05) is 6.07 Å². The van der Waals surface area contributed by atoms with E-state index in [0.29, 0.717) is 5.92 Å². The third-order valence-corrected chi connectivity index (χ3v) is 6.17. The van der Waals surface area contributed by atoms with Crippen LogP contribution in [0.5, 0.6) is 0 Å². The molecule has 1 aromatic carbocycles. The van der Waals surface area contributed by atoms with Crippen LogP contribution in [-0.4, -0.2) is 28.9 Å². The van der Waals surface area contributed by atoms with Gasteiger partial charge in [-0.15, -0.1) is 11.3 Å². The highest BCUT2D eigenvalue weighted by Crippen LogP contribution is 2.32. The van der Waals surface area contributed by atoms with E-state index in [1.165, 1.54) is 21.0 Å². The second-order valence-electron chi connectivity index (χ2n) is 6.56. The zero-order valence-corrected chi connectivity index (χ0v) is 15.2. The number of hydrogen-bond donors (Lipinski definition) is 0. The van der Waals surface area contributed by atoms with Crippen molar-refractivity contribution in [1.29, 1.82) is 0 Å². The third-order valence-electron chi connectivity index (χ3n) is 4.93. The molecule has 0 spiro atoms. The van der Waals surface area contributed by atoms with Crippen LogP contribution in [0.1, 0.15) is 55.8 Å². The van der Waals surface area contributed by atoms with Crippen molar-refractivity contribution in [3.63, 3.8) is 0 Å². The summed E-state index contributed by atoms with van der Waals surface area (Å²) in [5.41, 5.74) is 4.38. The van der Waals surface area contributed by atoms with E-state index in [1.807, 2.05) is 34.4 Å². The van der Waals surface area contributed by atoms with Crippen LogP contribution in [0.25, 0.3) is 0 Å². The lowest BCUT2D eigenvalue weighted by molar-refractivity contribution is 0.0713. The standard InChI is InChI=1S/C19H24N2OS/c1-12-5-6-17(11-13(12)2)19(22)21-9-7-16(8-10-21)18-20-14(3)15(4)23-18/h5-6,11,16H,7-10H2,1-4H3. The molecule has 23 heavy (non-hydrogen) atoms. The summed E-state index contributed by atoms with van der Waals surface area (Å²) in [6.45, 7) is 10.0. The fourth-order valence-corrected chi connectivity index (χ4v) is 4.15. The van der Waals surface area contributed by atoms with E-state index in [-0.39, 0.29) is 5.91 Å². The first-order valence-electron chi connectivity index (χ1n) is 8.26. The highest BCUT2D eigenvalue weighted by Gasteiger charge is 2.26. The molecule has 0 N–H and O–H groups in total. The number of hydrogen-bond acceptors (Lipinski definition) is 3. The zero-order chi connectivity index (χ0) is 16.6. The van der Waals surface area contributed by atoms with Gasteiger partial charge in [0.05, 0.1) is 10.7 Å². The molecule has 1 aliphatic rings. The van der Waals surface area contributed by atoms with Crippen LogP contribution in [0, 0.1) is 27.7 Å². The molecule has 1 aliphatic heterocycles. The number of benzene rings is 1. The Bertz CT molecular complexity index is 707. The van der Waals surface area contributed by atoms with Crippen molar-refractivity contribution in [2.24, 2.45) is 0 Å². The lowest BCUT2D eigenvalue weighted by atomic mass is 9.96. The number of rotatable bonds is 2. The van der Waals surface area contributed by atoms with Gasteiger partial charge in [-0.05, 0) is 63.8 Å². The number of piperidine rings is 1. The summed E-state index contributed by atoms with van der Waals surface area (Å²) in [7, 11) is 0. The summed E-state index contributed by atoms with van der Waals surface area (Å²) < 4.78 is 0. The molecule has 2 aromatic rings. The van der Waals surface area contributed by atoms with Gasteiger partial charge in [0.25, 0.3) is 5.91 Å². The van der Waals surface area contributed by atoms with E-state index in [2.05, 4.69) is 27.7 Å². The lowest BCUT2D eigenvalue weighted by Crippen LogP contribution is -2.37. The highest BCUT2D eigenvalue weighted by molar-refractivity contribution is 7.11. The molecule has 0 atom stereocenters. The van der Waals surface area contributed by atoms with Crippen molar-refractivity contribution in [1.82, 2.24) is 9.88 Å². The molecule has 0 saturated carbocycles. The van der Waals surface area contributed by atoms with Gasteiger partial charge in [-0.25, -0.2) is 4.98 Å². The van der Waals surface area contributed by atoms with Crippen LogP contribution < -0.4 is 0 Å². The fourth-order valence-electron chi connectivity index (χ4n) is 3.06. The molecule has 1 saturated heterocycles. The average molecular weight is 328 g/mol. The lowest BCUT2D eigenvalue weighted by Gasteiger charge is -2.31. The second kappa shape index (κ2) is 6.44. The van der Waals surface area contributed by atoms with E-state index in [9.17, 15) is 4.79 Å². The van der Waals surface area contributed by atoms with E-state index in [1.54, 1.807) is 0 Å². The van der Waals surface area contributed by atoms with Gasteiger partial charge in [-0.3, -0.25) is 4.79 Å². The molecule has 3 nitrogen and oxygen atoms in total. The molecule has 122 valence electrons. The summed E-state index contributed by atoms with van der Waals surface area (Å²) in [5.74, 6) is 0.675. The second-order valence-corrected chi connectivity index (χ2v) is 7.79. The Hall–Kier alpha value is -1.68. The topological polar surface area (TPSA) is 33.2 Å². The molecule has 0 unspecified atom stereocenters. The van der Waals surface area contributed by atoms with E-state index in [4.69, 9.17) is 4.98 Å². The molecule has 4 heteroatoms. The van der Waals surface area contributed by atoms with Crippen LogP contribution in [-0.2, 0) is 0 Å². The Kier molecular flexibility index (Phi) is 4.53. The number of carbonyl (C=O) groups excluding carboxylic acids is 1. The third kappa shape index (κ3) is 3.32. The molecule has 1 fully saturated rings. The molecule has 0 aliphatic carbocycles. The first-order valence-corrected chi connectivity index (χ1v) is 9.08. The van der Waals surface area contributed by atoms with Crippen molar-refractivity contribution < 1.29 is 4.79 Å². The van der Waals surface area contributed by atoms with Gasteiger partial charge in [0, 0.05) is 29.4 Å². The maximum absolute atomic E-state index is 12.7.